The van der Waals surface area contributed by atoms with Crippen LogP contribution in [0.3, 0.4) is 0 Å². The topological polar surface area (TPSA) is 89.9 Å². The molecule has 0 radical (unpaired) electrons. The predicted octanol–water partition coefficient (Wildman–Crippen LogP) is 4.76. The molecule has 0 amide bonds. The molecule has 0 spiro atoms. The minimum Gasteiger partial charge on any atom is -0.481 e. The molecular weight excluding hydrogens is 408 g/mol. The van der Waals surface area contributed by atoms with E-state index in [9.17, 15) is 19.5 Å². The fourth-order valence-corrected chi connectivity index (χ4v) is 5.01. The molecule has 0 aromatic heterocycles. The summed E-state index contributed by atoms with van der Waals surface area (Å²) in [7, 11) is 0. The van der Waals surface area contributed by atoms with Gasteiger partial charge in [0.05, 0.1) is 16.2 Å². The van der Waals surface area contributed by atoms with Crippen LogP contribution in [0.2, 0.25) is 0 Å². The maximum atomic E-state index is 13.1. The molecule has 3 rings (SSSR count). The van der Waals surface area contributed by atoms with Crippen molar-refractivity contribution in [1.82, 2.24) is 0 Å². The number of esters is 2. The Labute approximate surface area is 188 Å². The lowest BCUT2D eigenvalue weighted by atomic mass is 9.54. The average Bonchev–Trinajstić information content (AvgIpc) is 2.76. The van der Waals surface area contributed by atoms with Gasteiger partial charge < -0.3 is 14.6 Å². The second-order valence-electron chi connectivity index (χ2n) is 9.64. The maximum Gasteiger partial charge on any atom is 0.312 e. The Morgan fingerprint density at radius 3 is 1.38 bits per heavy atom. The molecule has 0 saturated heterocycles. The molecule has 1 N–H and O–H groups in total. The number of carboxylic acids is 1. The minimum absolute atomic E-state index is 0.0878. The molecule has 6 nitrogen and oxygen atoms in total. The average molecular weight is 439 g/mol. The number of benzene rings is 2. The van der Waals surface area contributed by atoms with E-state index in [0.29, 0.717) is 0 Å². The Bertz CT molecular complexity index is 901. The summed E-state index contributed by atoms with van der Waals surface area (Å²) in [6.45, 7) is 5.13. The van der Waals surface area contributed by atoms with Crippen LogP contribution in [-0.4, -0.2) is 23.0 Å². The van der Waals surface area contributed by atoms with Crippen LogP contribution >= 0.6 is 0 Å². The maximum absolute atomic E-state index is 13.1. The smallest absolute Gasteiger partial charge is 0.312 e. The molecule has 2 aromatic rings. The van der Waals surface area contributed by atoms with Crippen LogP contribution in [0.4, 0.5) is 0 Å². The van der Waals surface area contributed by atoms with Crippen LogP contribution in [0.1, 0.15) is 51.2 Å². The minimum atomic E-state index is -1.26. The Balaban J connectivity index is 1.79. The molecule has 0 heterocycles. The third-order valence-corrected chi connectivity index (χ3v) is 6.27. The molecular formula is C26H30O6. The Kier molecular flexibility index (Phi) is 6.72. The standard InChI is InChI=1S/C26H30O6/c1-24(21(27)28)16-25(2,22(29)31-14-19-10-6-4-7-11-19)18-26(3,17-24)23(30)32-15-20-12-8-5-9-13-20/h4-13H,14-18H2,1-3H3,(H,27,28)/t24?,25-,26+. The quantitative estimate of drug-likeness (QED) is 0.627. The van der Waals surface area contributed by atoms with Crippen LogP contribution in [-0.2, 0) is 37.1 Å². The zero-order chi connectivity index (χ0) is 23.4. The van der Waals surface area contributed by atoms with Gasteiger partial charge in [-0.25, -0.2) is 0 Å². The summed E-state index contributed by atoms with van der Waals surface area (Å²) < 4.78 is 11.1. The molecule has 2 aromatic carbocycles. The van der Waals surface area contributed by atoms with Crippen molar-refractivity contribution in [1.29, 1.82) is 0 Å². The number of hydrogen-bond acceptors (Lipinski definition) is 5. The predicted molar refractivity (Wildman–Crippen MR) is 118 cm³/mol. The molecule has 1 aliphatic rings. The Hall–Kier alpha value is -3.15. The number of ether oxygens (including phenoxy) is 2. The van der Waals surface area contributed by atoms with Gasteiger partial charge in [-0.2, -0.15) is 0 Å². The van der Waals surface area contributed by atoms with E-state index >= 15 is 0 Å². The molecule has 1 unspecified atom stereocenters. The van der Waals surface area contributed by atoms with E-state index in [1.807, 2.05) is 60.7 Å². The van der Waals surface area contributed by atoms with Gasteiger partial charge in [-0.1, -0.05) is 60.7 Å². The number of carboxylic acid groups (broad SMARTS) is 1. The largest absolute Gasteiger partial charge is 0.481 e. The highest BCUT2D eigenvalue weighted by Gasteiger charge is 2.59. The van der Waals surface area contributed by atoms with Crippen molar-refractivity contribution >= 4 is 17.9 Å². The molecule has 1 saturated carbocycles. The van der Waals surface area contributed by atoms with Crippen LogP contribution in [0, 0.1) is 16.2 Å². The van der Waals surface area contributed by atoms with Gasteiger partial charge in [0.25, 0.3) is 0 Å². The fourth-order valence-electron chi connectivity index (χ4n) is 5.01. The summed E-state index contributed by atoms with van der Waals surface area (Å²) >= 11 is 0. The normalized spacial score (nSPS) is 27.3. The summed E-state index contributed by atoms with van der Waals surface area (Å²) in [5.41, 5.74) is -1.86. The van der Waals surface area contributed by atoms with Crippen LogP contribution < -0.4 is 0 Å². The third-order valence-electron chi connectivity index (χ3n) is 6.27. The summed E-state index contributed by atoms with van der Waals surface area (Å²) in [6.07, 6.45) is 0.332. The summed E-state index contributed by atoms with van der Waals surface area (Å²) in [4.78, 5) is 38.4. The third kappa shape index (κ3) is 5.18. The lowest BCUT2D eigenvalue weighted by molar-refractivity contribution is -0.181. The Morgan fingerprint density at radius 2 is 1.03 bits per heavy atom. The van der Waals surface area contributed by atoms with Gasteiger partial charge in [-0.15, -0.1) is 0 Å². The molecule has 1 fully saturated rings. The van der Waals surface area contributed by atoms with Gasteiger partial charge in [-0.3, -0.25) is 14.4 Å². The second-order valence-corrected chi connectivity index (χ2v) is 9.64. The number of aliphatic carboxylic acids is 1. The van der Waals surface area contributed by atoms with Crippen LogP contribution in [0.25, 0.3) is 0 Å². The molecule has 6 heteroatoms. The van der Waals surface area contributed by atoms with E-state index in [0.717, 1.165) is 11.1 Å². The first kappa shape index (κ1) is 23.5. The first-order chi connectivity index (χ1) is 15.1. The van der Waals surface area contributed by atoms with E-state index in [1.165, 1.54) is 0 Å². The number of carbonyl (C=O) groups excluding carboxylic acids is 2. The van der Waals surface area contributed by atoms with Gasteiger partial charge in [-0.05, 0) is 51.2 Å². The highest BCUT2D eigenvalue weighted by atomic mass is 16.5. The molecule has 170 valence electrons. The van der Waals surface area contributed by atoms with E-state index in [-0.39, 0.29) is 32.5 Å². The monoisotopic (exact) mass is 438 g/mol. The summed E-state index contributed by atoms with van der Waals surface area (Å²) in [5, 5.41) is 9.94. The molecule has 1 aliphatic carbocycles. The first-order valence-electron chi connectivity index (χ1n) is 10.7. The first-order valence-corrected chi connectivity index (χ1v) is 10.7. The number of carbonyl (C=O) groups is 3. The van der Waals surface area contributed by atoms with Gasteiger partial charge in [0, 0.05) is 0 Å². The van der Waals surface area contributed by atoms with E-state index in [2.05, 4.69) is 0 Å². The van der Waals surface area contributed by atoms with Crippen molar-refractivity contribution in [2.45, 2.75) is 53.2 Å². The summed E-state index contributed by atoms with van der Waals surface area (Å²) in [6, 6.07) is 18.6. The second kappa shape index (κ2) is 9.15. The van der Waals surface area contributed by atoms with Crippen LogP contribution in [0.5, 0.6) is 0 Å². The Morgan fingerprint density at radius 1 is 0.688 bits per heavy atom. The van der Waals surface area contributed by atoms with E-state index in [1.54, 1.807) is 20.8 Å². The van der Waals surface area contributed by atoms with Crippen molar-refractivity contribution in [3.63, 3.8) is 0 Å². The number of rotatable bonds is 7. The van der Waals surface area contributed by atoms with Gasteiger partial charge in [0.2, 0.25) is 0 Å². The molecule has 32 heavy (non-hydrogen) atoms. The van der Waals surface area contributed by atoms with E-state index in [4.69, 9.17) is 9.47 Å². The van der Waals surface area contributed by atoms with Crippen LogP contribution in [0.15, 0.2) is 60.7 Å². The van der Waals surface area contributed by atoms with Crippen molar-refractivity contribution in [3.05, 3.63) is 71.8 Å². The molecule has 0 aliphatic heterocycles. The zero-order valence-corrected chi connectivity index (χ0v) is 18.8. The van der Waals surface area contributed by atoms with Gasteiger partial charge in [0.1, 0.15) is 13.2 Å². The molecule has 0 bridgehead atoms. The SMILES string of the molecule is CC1(C(=O)O)C[C@](C)(C(=O)OCc2ccccc2)C[C@](C)(C(=O)OCc2ccccc2)C1. The van der Waals surface area contributed by atoms with Crippen molar-refractivity contribution in [2.24, 2.45) is 16.2 Å². The van der Waals surface area contributed by atoms with Crippen molar-refractivity contribution in [2.75, 3.05) is 0 Å². The van der Waals surface area contributed by atoms with Crippen molar-refractivity contribution in [3.8, 4) is 0 Å². The van der Waals surface area contributed by atoms with Crippen molar-refractivity contribution < 1.29 is 29.0 Å². The highest BCUT2D eigenvalue weighted by molar-refractivity contribution is 5.85. The van der Waals surface area contributed by atoms with E-state index < -0.39 is 34.2 Å². The lowest BCUT2D eigenvalue weighted by Crippen LogP contribution is -2.52. The highest BCUT2D eigenvalue weighted by Crippen LogP contribution is 2.55. The summed E-state index contributed by atoms with van der Waals surface area (Å²) in [5.74, 6) is -2.05. The zero-order valence-electron chi connectivity index (χ0n) is 18.8. The fraction of sp³-hybridized carbons (Fsp3) is 0.423. The lowest BCUT2D eigenvalue weighted by Gasteiger charge is -2.48. The number of hydrogen-bond donors (Lipinski definition) is 1. The van der Waals surface area contributed by atoms with Gasteiger partial charge in [0.15, 0.2) is 0 Å². The molecule has 3 atom stereocenters. The van der Waals surface area contributed by atoms with Gasteiger partial charge >= 0.3 is 17.9 Å².